The van der Waals surface area contributed by atoms with Crippen molar-refractivity contribution in [2.45, 2.75) is 11.8 Å². The summed E-state index contributed by atoms with van der Waals surface area (Å²) in [4.78, 5) is 1.25. The quantitative estimate of drug-likeness (QED) is 0.515. The van der Waals surface area contributed by atoms with Gasteiger partial charge in [-0.1, -0.05) is 24.3 Å². The predicted molar refractivity (Wildman–Crippen MR) is 94.6 cm³/mol. The van der Waals surface area contributed by atoms with Gasteiger partial charge in [0.15, 0.2) is 0 Å². The van der Waals surface area contributed by atoms with Crippen molar-refractivity contribution in [1.29, 1.82) is 0 Å². The van der Waals surface area contributed by atoms with Crippen molar-refractivity contribution in [3.05, 3.63) is 60.2 Å². The summed E-state index contributed by atoms with van der Waals surface area (Å²) >= 11 is 1.74. The maximum absolute atomic E-state index is 6.33. The molecule has 0 aliphatic heterocycles. The Hall–Kier alpha value is -2.13. The molecule has 3 aromatic rings. The van der Waals surface area contributed by atoms with E-state index in [1.807, 2.05) is 12.1 Å². The van der Waals surface area contributed by atoms with Gasteiger partial charge >= 0.3 is 0 Å². The molecule has 0 bridgehead atoms. The molecule has 0 amide bonds. The lowest BCUT2D eigenvalue weighted by atomic mass is 10.0. The van der Waals surface area contributed by atoms with E-state index in [1.54, 1.807) is 11.8 Å². The fourth-order valence-corrected chi connectivity index (χ4v) is 2.92. The van der Waals surface area contributed by atoms with Crippen LogP contribution in [-0.4, -0.2) is 6.26 Å². The number of nitrogens with one attached hydrogen (secondary N) is 1. The molecule has 0 radical (unpaired) electrons. The molecule has 3 N–H and O–H groups in total. The summed E-state index contributed by atoms with van der Waals surface area (Å²) in [7, 11) is 0. The Morgan fingerprint density at radius 3 is 2.29 bits per heavy atom. The van der Waals surface area contributed by atoms with Crippen molar-refractivity contribution in [2.24, 2.45) is 0 Å². The molecule has 21 heavy (non-hydrogen) atoms. The molecule has 0 aliphatic rings. The Labute approximate surface area is 129 Å². The van der Waals surface area contributed by atoms with Gasteiger partial charge in [0.1, 0.15) is 0 Å². The lowest BCUT2D eigenvalue weighted by molar-refractivity contribution is 1.44. The van der Waals surface area contributed by atoms with Crippen molar-refractivity contribution in [3.63, 3.8) is 0 Å². The number of benzene rings is 3. The molecule has 0 atom stereocenters. The average molecular weight is 294 g/mol. The van der Waals surface area contributed by atoms with Crippen LogP contribution in [0.15, 0.2) is 59.5 Å². The van der Waals surface area contributed by atoms with Crippen molar-refractivity contribution >= 4 is 39.6 Å². The molecule has 106 valence electrons. The van der Waals surface area contributed by atoms with E-state index in [-0.39, 0.29) is 0 Å². The van der Waals surface area contributed by atoms with Crippen LogP contribution in [0.5, 0.6) is 0 Å². The highest BCUT2D eigenvalue weighted by molar-refractivity contribution is 7.98. The monoisotopic (exact) mass is 294 g/mol. The summed E-state index contributed by atoms with van der Waals surface area (Å²) in [6.45, 7) is 2.11. The molecule has 0 fully saturated rings. The molecule has 0 aliphatic carbocycles. The maximum Gasteiger partial charge on any atom is 0.0633 e. The van der Waals surface area contributed by atoms with Crippen molar-refractivity contribution < 1.29 is 0 Å². The first kappa shape index (κ1) is 13.8. The molecule has 3 rings (SSSR count). The number of rotatable bonds is 3. The van der Waals surface area contributed by atoms with Crippen LogP contribution in [0.25, 0.3) is 10.8 Å². The van der Waals surface area contributed by atoms with Gasteiger partial charge in [0, 0.05) is 16.0 Å². The zero-order chi connectivity index (χ0) is 14.8. The van der Waals surface area contributed by atoms with Crippen LogP contribution in [0.1, 0.15) is 5.56 Å². The maximum atomic E-state index is 6.33. The topological polar surface area (TPSA) is 38.0 Å². The summed E-state index contributed by atoms with van der Waals surface area (Å²) in [5.41, 5.74) is 10.4. The first-order chi connectivity index (χ1) is 10.2. The Bertz CT molecular complexity index is 779. The molecule has 2 nitrogen and oxygen atoms in total. The van der Waals surface area contributed by atoms with Crippen LogP contribution in [0.4, 0.5) is 17.1 Å². The normalized spacial score (nSPS) is 10.8. The number of nitrogens with two attached hydrogens (primary N) is 1. The van der Waals surface area contributed by atoms with Gasteiger partial charge in [0.25, 0.3) is 0 Å². The van der Waals surface area contributed by atoms with Crippen molar-refractivity contribution in [1.82, 2.24) is 0 Å². The van der Waals surface area contributed by atoms with Crippen LogP contribution in [-0.2, 0) is 0 Å². The van der Waals surface area contributed by atoms with Gasteiger partial charge in [0.05, 0.1) is 11.4 Å². The van der Waals surface area contributed by atoms with Crippen LogP contribution in [0, 0.1) is 6.92 Å². The molecule has 3 heteroatoms. The minimum Gasteiger partial charge on any atom is -0.397 e. The average Bonchev–Trinajstić information content (AvgIpc) is 2.53. The summed E-state index contributed by atoms with van der Waals surface area (Å²) < 4.78 is 0. The third-order valence-corrected chi connectivity index (χ3v) is 4.41. The lowest BCUT2D eigenvalue weighted by Gasteiger charge is -2.14. The molecular formula is C18H18N2S. The molecule has 0 aromatic heterocycles. The second kappa shape index (κ2) is 5.70. The van der Waals surface area contributed by atoms with E-state index in [2.05, 4.69) is 61.0 Å². The van der Waals surface area contributed by atoms with Crippen LogP contribution in [0.3, 0.4) is 0 Å². The highest BCUT2D eigenvalue weighted by Gasteiger charge is 2.07. The fourth-order valence-electron chi connectivity index (χ4n) is 2.51. The Balaban J connectivity index is 2.02. The molecular weight excluding hydrogens is 276 g/mol. The second-order valence-corrected chi connectivity index (χ2v) is 5.93. The minimum atomic E-state index is 0.796. The highest BCUT2D eigenvalue weighted by atomic mass is 32.2. The third-order valence-electron chi connectivity index (χ3n) is 3.66. The van der Waals surface area contributed by atoms with Crippen LogP contribution < -0.4 is 11.1 Å². The smallest absolute Gasteiger partial charge is 0.0633 e. The van der Waals surface area contributed by atoms with Gasteiger partial charge in [0.2, 0.25) is 0 Å². The number of anilines is 3. The predicted octanol–water partition coefficient (Wildman–Crippen LogP) is 5.20. The standard InChI is InChI=1S/C18H18N2S/c1-12-11-17(18(19)16-6-4-3-5-15(12)16)20-13-7-9-14(21-2)10-8-13/h3-11,20H,19H2,1-2H3. The van der Waals surface area contributed by atoms with Gasteiger partial charge < -0.3 is 11.1 Å². The van der Waals surface area contributed by atoms with E-state index in [1.165, 1.54) is 15.8 Å². The van der Waals surface area contributed by atoms with E-state index in [9.17, 15) is 0 Å². The van der Waals surface area contributed by atoms with Crippen molar-refractivity contribution in [3.8, 4) is 0 Å². The number of aryl methyl sites for hydroxylation is 1. The van der Waals surface area contributed by atoms with Crippen molar-refractivity contribution in [2.75, 3.05) is 17.3 Å². The molecule has 0 saturated heterocycles. The Kier molecular flexibility index (Phi) is 3.76. The van der Waals surface area contributed by atoms with Gasteiger partial charge in [-0.25, -0.2) is 0 Å². The van der Waals surface area contributed by atoms with E-state index in [0.717, 1.165) is 22.4 Å². The number of hydrogen-bond donors (Lipinski definition) is 2. The zero-order valence-corrected chi connectivity index (χ0v) is 13.0. The first-order valence-corrected chi connectivity index (χ1v) is 8.10. The fraction of sp³-hybridized carbons (Fsp3) is 0.111. The van der Waals surface area contributed by atoms with Gasteiger partial charge in [-0.2, -0.15) is 0 Å². The highest BCUT2D eigenvalue weighted by Crippen LogP contribution is 2.33. The number of nitrogen functional groups attached to an aromatic ring is 1. The molecule has 0 saturated carbocycles. The van der Waals surface area contributed by atoms with Gasteiger partial charge in [-0.15, -0.1) is 11.8 Å². The lowest BCUT2D eigenvalue weighted by Crippen LogP contribution is -1.98. The molecule has 0 heterocycles. The summed E-state index contributed by atoms with van der Waals surface area (Å²) in [5.74, 6) is 0. The molecule has 0 spiro atoms. The van der Waals surface area contributed by atoms with E-state index in [0.29, 0.717) is 0 Å². The Morgan fingerprint density at radius 1 is 0.952 bits per heavy atom. The van der Waals surface area contributed by atoms with E-state index in [4.69, 9.17) is 5.73 Å². The SMILES string of the molecule is CSc1ccc(Nc2cc(C)c3ccccc3c2N)cc1. The van der Waals surface area contributed by atoms with E-state index < -0.39 is 0 Å². The second-order valence-electron chi connectivity index (χ2n) is 5.05. The zero-order valence-electron chi connectivity index (χ0n) is 12.2. The Morgan fingerprint density at radius 2 is 1.62 bits per heavy atom. The third kappa shape index (κ3) is 2.69. The number of thioether (sulfide) groups is 1. The van der Waals surface area contributed by atoms with E-state index >= 15 is 0 Å². The number of hydrogen-bond acceptors (Lipinski definition) is 3. The summed E-state index contributed by atoms with van der Waals surface area (Å²) in [6, 6.07) is 18.7. The summed E-state index contributed by atoms with van der Waals surface area (Å²) in [5, 5.41) is 5.73. The van der Waals surface area contributed by atoms with Gasteiger partial charge in [-0.3, -0.25) is 0 Å². The first-order valence-electron chi connectivity index (χ1n) is 6.88. The summed E-state index contributed by atoms with van der Waals surface area (Å²) in [6.07, 6.45) is 2.08. The largest absolute Gasteiger partial charge is 0.397 e. The molecule has 0 unspecified atom stereocenters. The van der Waals surface area contributed by atoms with Crippen LogP contribution in [0.2, 0.25) is 0 Å². The van der Waals surface area contributed by atoms with Crippen LogP contribution >= 0.6 is 11.8 Å². The molecule has 3 aromatic carbocycles. The number of fused-ring (bicyclic) bond motifs is 1. The minimum absolute atomic E-state index is 0.796. The van der Waals surface area contributed by atoms with Gasteiger partial charge in [-0.05, 0) is 54.5 Å².